The van der Waals surface area contributed by atoms with Gasteiger partial charge >= 0.3 is 16.1 Å². The Morgan fingerprint density at radius 1 is 0.962 bits per heavy atom. The predicted octanol–water partition coefficient (Wildman–Crippen LogP) is 4.52. The maximum absolute atomic E-state index is 14.1. The van der Waals surface area contributed by atoms with Gasteiger partial charge in [0.25, 0.3) is 0 Å². The molecule has 2 aromatic rings. The lowest BCUT2D eigenvalue weighted by Crippen LogP contribution is -2.17. The lowest BCUT2D eigenvalue weighted by molar-refractivity contribution is 0.0714. The van der Waals surface area contributed by atoms with Gasteiger partial charge in [-0.05, 0) is 79.9 Å². The van der Waals surface area contributed by atoms with E-state index in [1.165, 1.54) is 6.07 Å². The van der Waals surface area contributed by atoms with Crippen molar-refractivity contribution in [3.63, 3.8) is 0 Å². The topological polar surface area (TPSA) is 80.7 Å². The number of hydrogen-bond donors (Lipinski definition) is 1. The zero-order valence-electron chi connectivity index (χ0n) is 11.8. The third kappa shape index (κ3) is 4.25. The minimum atomic E-state index is -5.60. The van der Waals surface area contributed by atoms with Gasteiger partial charge < -0.3 is 4.74 Å². The molecule has 0 spiro atoms. The van der Waals surface area contributed by atoms with Crippen LogP contribution in [0.4, 0.5) is 17.6 Å². The van der Waals surface area contributed by atoms with Crippen LogP contribution in [-0.2, 0) is 10.1 Å². The molecule has 2 aromatic carbocycles. The molecule has 1 N–H and O–H groups in total. The Morgan fingerprint density at radius 3 is 2.08 bits per heavy atom. The monoisotopic (exact) mass is 728 g/mol. The Morgan fingerprint density at radius 2 is 1.54 bits per heavy atom. The van der Waals surface area contributed by atoms with Gasteiger partial charge in [-0.3, -0.25) is 4.55 Å². The van der Waals surface area contributed by atoms with E-state index >= 15 is 0 Å². The fourth-order valence-corrected chi connectivity index (χ4v) is 4.77. The normalized spacial score (nSPS) is 11.5. The van der Waals surface area contributed by atoms with Crippen LogP contribution >= 0.6 is 67.8 Å². The molecule has 0 amide bonds. The third-order valence-corrected chi connectivity index (χ3v) is 7.39. The van der Waals surface area contributed by atoms with E-state index in [4.69, 9.17) is 4.55 Å². The SMILES string of the molecule is O=C(Oc1c(F)c(F)c(F)c(S(=O)(=O)O)c1F)c1cc(I)cc(I)c1I. The molecule has 140 valence electrons. The standard InChI is InChI=1S/C13H3F4I3O5S/c14-6-7(15)11(9(17)12(8(6)16)26(22,23)24)25-13(21)4-1-3(18)2-5(19)10(4)20/h1-2H,(H,22,23,24). The van der Waals surface area contributed by atoms with Crippen LogP contribution in [0.5, 0.6) is 5.75 Å². The molecule has 0 saturated heterocycles. The number of rotatable bonds is 3. The molecule has 0 atom stereocenters. The highest BCUT2D eigenvalue weighted by molar-refractivity contribution is 14.1. The summed E-state index contributed by atoms with van der Waals surface area (Å²) < 4.78 is 91.8. The number of benzene rings is 2. The van der Waals surface area contributed by atoms with Crippen molar-refractivity contribution < 1.29 is 40.1 Å². The molecule has 0 unspecified atom stereocenters. The molecule has 0 saturated carbocycles. The average Bonchev–Trinajstić information content (AvgIpc) is 2.51. The lowest BCUT2D eigenvalue weighted by atomic mass is 10.2. The zero-order chi connectivity index (χ0) is 20.0. The van der Waals surface area contributed by atoms with E-state index in [0.717, 1.165) is 0 Å². The highest BCUT2D eigenvalue weighted by Crippen LogP contribution is 2.34. The second-order valence-electron chi connectivity index (χ2n) is 4.53. The number of ether oxygens (including phenoxy) is 1. The Labute approximate surface area is 184 Å². The van der Waals surface area contributed by atoms with E-state index in [9.17, 15) is 30.8 Å². The Balaban J connectivity index is 2.65. The zero-order valence-corrected chi connectivity index (χ0v) is 19.1. The molecule has 0 heterocycles. The molecule has 26 heavy (non-hydrogen) atoms. The van der Waals surface area contributed by atoms with Gasteiger partial charge in [-0.1, -0.05) is 0 Å². The summed E-state index contributed by atoms with van der Waals surface area (Å²) in [6.45, 7) is 0. The van der Waals surface area contributed by atoms with Crippen LogP contribution in [0.3, 0.4) is 0 Å². The van der Waals surface area contributed by atoms with Crippen LogP contribution < -0.4 is 4.74 Å². The molecule has 0 aliphatic carbocycles. The van der Waals surface area contributed by atoms with Crippen molar-refractivity contribution in [2.24, 2.45) is 0 Å². The second-order valence-corrected chi connectivity index (χ2v) is 9.37. The summed E-state index contributed by atoms with van der Waals surface area (Å²) in [5, 5.41) is 0. The van der Waals surface area contributed by atoms with Crippen molar-refractivity contribution in [2.75, 3.05) is 0 Å². The fourth-order valence-electron chi connectivity index (χ4n) is 1.76. The van der Waals surface area contributed by atoms with E-state index in [2.05, 4.69) is 4.74 Å². The van der Waals surface area contributed by atoms with E-state index in [0.29, 0.717) is 10.7 Å². The van der Waals surface area contributed by atoms with Gasteiger partial charge in [0.2, 0.25) is 11.6 Å². The van der Waals surface area contributed by atoms with Crippen molar-refractivity contribution in [1.82, 2.24) is 0 Å². The molecule has 0 aliphatic heterocycles. The van der Waals surface area contributed by atoms with Gasteiger partial charge in [-0.2, -0.15) is 12.8 Å². The highest BCUT2D eigenvalue weighted by atomic mass is 127. The van der Waals surface area contributed by atoms with Crippen LogP contribution in [0.1, 0.15) is 10.4 Å². The molecular formula is C13H3F4I3O5S. The first-order valence-corrected chi connectivity index (χ1v) is 10.7. The molecular weight excluding hydrogens is 725 g/mol. The average molecular weight is 728 g/mol. The summed E-state index contributed by atoms with van der Waals surface area (Å²) in [4.78, 5) is 10.0. The largest absolute Gasteiger partial charge is 0.416 e. The molecule has 0 fully saturated rings. The molecule has 0 bridgehead atoms. The van der Waals surface area contributed by atoms with Gasteiger partial charge in [0.05, 0.1) is 5.56 Å². The predicted molar refractivity (Wildman–Crippen MR) is 106 cm³/mol. The van der Waals surface area contributed by atoms with Crippen LogP contribution in [0.15, 0.2) is 17.0 Å². The van der Waals surface area contributed by atoms with E-state index < -0.39 is 50.0 Å². The summed E-state index contributed by atoms with van der Waals surface area (Å²) in [7, 11) is -5.60. The van der Waals surface area contributed by atoms with Gasteiger partial charge in [-0.15, -0.1) is 0 Å². The summed E-state index contributed by atoms with van der Waals surface area (Å²) in [6.07, 6.45) is 0. The van der Waals surface area contributed by atoms with Gasteiger partial charge in [0.15, 0.2) is 22.3 Å². The molecule has 5 nitrogen and oxygen atoms in total. The molecule has 2 rings (SSSR count). The first kappa shape index (κ1) is 22.0. The first-order valence-electron chi connectivity index (χ1n) is 6.06. The van der Waals surface area contributed by atoms with Crippen LogP contribution in [0, 0.1) is 34.0 Å². The van der Waals surface area contributed by atoms with E-state index in [1.54, 1.807) is 28.7 Å². The van der Waals surface area contributed by atoms with Gasteiger partial charge in [-0.25, -0.2) is 18.0 Å². The Bertz CT molecular complexity index is 1040. The number of hydrogen-bond acceptors (Lipinski definition) is 4. The van der Waals surface area contributed by atoms with Crippen LogP contribution in [0.25, 0.3) is 0 Å². The summed E-state index contributed by atoms with van der Waals surface area (Å²) in [5.74, 6) is -12.5. The van der Waals surface area contributed by atoms with Gasteiger partial charge in [0, 0.05) is 10.7 Å². The molecule has 0 aromatic heterocycles. The molecule has 13 heteroatoms. The van der Waals surface area contributed by atoms with Crippen molar-refractivity contribution in [3.8, 4) is 5.75 Å². The minimum absolute atomic E-state index is 0.140. The quantitative estimate of drug-likeness (QED) is 0.0958. The Hall–Kier alpha value is -0.270. The minimum Gasteiger partial charge on any atom is -0.416 e. The van der Waals surface area contributed by atoms with Crippen molar-refractivity contribution in [1.29, 1.82) is 0 Å². The number of carbonyl (C=O) groups excluding carboxylic acids is 1. The summed E-state index contributed by atoms with van der Waals surface area (Å²) in [6, 6.07) is 3.00. The Kier molecular flexibility index (Phi) is 6.77. The van der Waals surface area contributed by atoms with Crippen molar-refractivity contribution in [2.45, 2.75) is 4.90 Å². The maximum atomic E-state index is 14.1. The fraction of sp³-hybridized carbons (Fsp3) is 0. The smallest absolute Gasteiger partial charge is 0.344 e. The second kappa shape index (κ2) is 8.00. The maximum Gasteiger partial charge on any atom is 0.344 e. The number of esters is 1. The van der Waals surface area contributed by atoms with E-state index in [-0.39, 0.29) is 5.56 Å². The van der Waals surface area contributed by atoms with Gasteiger partial charge in [0.1, 0.15) is 0 Å². The lowest BCUT2D eigenvalue weighted by Gasteiger charge is -2.12. The van der Waals surface area contributed by atoms with Crippen molar-refractivity contribution in [3.05, 3.63) is 51.7 Å². The molecule has 0 radical (unpaired) electrons. The van der Waals surface area contributed by atoms with Crippen LogP contribution in [0.2, 0.25) is 0 Å². The number of halogens is 7. The first-order chi connectivity index (χ1) is 11.9. The summed E-state index contributed by atoms with van der Waals surface area (Å²) >= 11 is 5.51. The number of carbonyl (C=O) groups is 1. The van der Waals surface area contributed by atoms with Crippen LogP contribution in [-0.4, -0.2) is 18.9 Å². The van der Waals surface area contributed by atoms with E-state index in [1.807, 2.05) is 45.2 Å². The third-order valence-electron chi connectivity index (χ3n) is 2.85. The highest BCUT2D eigenvalue weighted by Gasteiger charge is 2.34. The molecule has 0 aliphatic rings. The summed E-state index contributed by atoms with van der Waals surface area (Å²) in [5.41, 5.74) is -0.140. The van der Waals surface area contributed by atoms with Crippen molar-refractivity contribution >= 4 is 83.9 Å².